The molecule has 1 aliphatic heterocycles. The quantitative estimate of drug-likeness (QED) is 0.693. The number of carbonyl (C=O) groups excluding carboxylic acids is 1. The summed E-state index contributed by atoms with van der Waals surface area (Å²) in [4.78, 5) is 14.1. The Balaban J connectivity index is 1.55. The largest absolute Gasteiger partial charge is 0.484 e. The van der Waals surface area contributed by atoms with E-state index in [0.717, 1.165) is 17.7 Å². The standard InChI is InChI=1S/C20H21F3NO4S/c21-20(22,23)15-2-1-3-17(10-15)29(27)18-8-9-24(11-18)19(26)13-28-16-6-4-14(12-25)5-7-16/h1-7,10,18,25,27H,8-9,11-13H2/q+1. The molecule has 0 spiro atoms. The summed E-state index contributed by atoms with van der Waals surface area (Å²) in [5.41, 5.74) is -0.0660. The van der Waals surface area contributed by atoms with E-state index in [0.29, 0.717) is 18.7 Å². The number of aliphatic hydroxyl groups excluding tert-OH is 1. The van der Waals surface area contributed by atoms with Crippen LogP contribution in [0.25, 0.3) is 0 Å². The molecule has 9 heteroatoms. The highest BCUT2D eigenvalue weighted by molar-refractivity contribution is 7.92. The lowest BCUT2D eigenvalue weighted by Crippen LogP contribution is -2.35. The molecule has 1 amide bonds. The van der Waals surface area contributed by atoms with E-state index in [9.17, 15) is 22.5 Å². The summed E-state index contributed by atoms with van der Waals surface area (Å²) < 4.78 is 54.7. The summed E-state index contributed by atoms with van der Waals surface area (Å²) in [7, 11) is 0. The van der Waals surface area contributed by atoms with E-state index in [1.807, 2.05) is 0 Å². The van der Waals surface area contributed by atoms with Crippen LogP contribution < -0.4 is 4.74 Å². The number of halogens is 3. The first-order chi connectivity index (χ1) is 13.8. The first-order valence-electron chi connectivity index (χ1n) is 8.97. The molecule has 156 valence electrons. The van der Waals surface area contributed by atoms with Gasteiger partial charge in [-0.25, -0.2) is 0 Å². The number of rotatable bonds is 6. The fraction of sp³-hybridized carbons (Fsp3) is 0.350. The van der Waals surface area contributed by atoms with Gasteiger partial charge in [-0.05, 0) is 29.8 Å². The van der Waals surface area contributed by atoms with Gasteiger partial charge in [0.2, 0.25) is 0 Å². The predicted molar refractivity (Wildman–Crippen MR) is 103 cm³/mol. The van der Waals surface area contributed by atoms with Crippen LogP contribution in [-0.2, 0) is 28.8 Å². The average molecular weight is 428 g/mol. The van der Waals surface area contributed by atoms with E-state index in [1.165, 1.54) is 12.1 Å². The minimum absolute atomic E-state index is 0.0800. The molecule has 2 aromatic rings. The highest BCUT2D eigenvalue weighted by Gasteiger charge is 2.41. The molecule has 1 saturated heterocycles. The number of carbonyl (C=O) groups is 1. The van der Waals surface area contributed by atoms with Crippen LogP contribution in [0.2, 0.25) is 0 Å². The minimum atomic E-state index is -4.47. The summed E-state index contributed by atoms with van der Waals surface area (Å²) in [5.74, 6) is 0.247. The van der Waals surface area contributed by atoms with E-state index in [1.54, 1.807) is 29.2 Å². The maximum atomic E-state index is 12.9. The van der Waals surface area contributed by atoms with E-state index in [2.05, 4.69) is 0 Å². The SMILES string of the molecule is O=C(COc1ccc(CO)cc1)N1CCC([S+](O)c2cccc(C(F)(F)F)c2)C1. The molecule has 0 radical (unpaired) electrons. The van der Waals surface area contributed by atoms with Gasteiger partial charge in [-0.2, -0.15) is 17.7 Å². The number of likely N-dealkylation sites (tertiary alicyclic amines) is 1. The average Bonchev–Trinajstić information content (AvgIpc) is 3.21. The van der Waals surface area contributed by atoms with E-state index < -0.39 is 22.9 Å². The third kappa shape index (κ3) is 5.43. The number of benzene rings is 2. The van der Waals surface area contributed by atoms with Crippen molar-refractivity contribution in [1.29, 1.82) is 0 Å². The number of aliphatic hydroxyl groups is 1. The second-order valence-corrected chi connectivity index (χ2v) is 8.45. The van der Waals surface area contributed by atoms with Gasteiger partial charge >= 0.3 is 6.18 Å². The lowest BCUT2D eigenvalue weighted by atomic mass is 10.2. The van der Waals surface area contributed by atoms with Gasteiger partial charge in [-0.3, -0.25) is 4.79 Å². The molecule has 1 fully saturated rings. The van der Waals surface area contributed by atoms with Crippen molar-refractivity contribution in [3.8, 4) is 5.75 Å². The first kappa shape index (κ1) is 21.5. The molecule has 0 aliphatic carbocycles. The normalized spacial score (nSPS) is 18.0. The van der Waals surface area contributed by atoms with Gasteiger partial charge in [-0.1, -0.05) is 18.2 Å². The molecular weight excluding hydrogens is 407 g/mol. The van der Waals surface area contributed by atoms with Crippen molar-refractivity contribution in [2.75, 3.05) is 19.7 Å². The van der Waals surface area contributed by atoms with Crippen LogP contribution in [-0.4, -0.2) is 45.4 Å². The van der Waals surface area contributed by atoms with Crippen molar-refractivity contribution >= 4 is 17.1 Å². The lowest BCUT2D eigenvalue weighted by Gasteiger charge is -2.16. The fourth-order valence-corrected chi connectivity index (χ4v) is 4.56. The van der Waals surface area contributed by atoms with Crippen LogP contribution in [0.1, 0.15) is 17.5 Å². The first-order valence-corrected chi connectivity index (χ1v) is 10.2. The van der Waals surface area contributed by atoms with Gasteiger partial charge in [0.1, 0.15) is 5.75 Å². The highest BCUT2D eigenvalue weighted by atomic mass is 32.2. The number of alkyl halides is 3. The molecule has 5 nitrogen and oxygen atoms in total. The van der Waals surface area contributed by atoms with E-state index in [-0.39, 0.29) is 35.8 Å². The molecule has 1 heterocycles. The maximum absolute atomic E-state index is 12.9. The van der Waals surface area contributed by atoms with Crippen molar-refractivity contribution in [3.63, 3.8) is 0 Å². The number of amides is 1. The van der Waals surface area contributed by atoms with Crippen molar-refractivity contribution in [3.05, 3.63) is 59.7 Å². The summed E-state index contributed by atoms with van der Waals surface area (Å²) in [5, 5.41) is 8.71. The molecule has 0 bridgehead atoms. The highest BCUT2D eigenvalue weighted by Crippen LogP contribution is 2.32. The molecule has 0 aromatic heterocycles. The summed E-state index contributed by atoms with van der Waals surface area (Å²) in [6.07, 6.45) is -3.96. The third-order valence-corrected chi connectivity index (χ3v) is 6.44. The summed E-state index contributed by atoms with van der Waals surface area (Å²) >= 11 is -1.39. The zero-order chi connectivity index (χ0) is 21.0. The Labute approximate surface area is 169 Å². The van der Waals surface area contributed by atoms with E-state index in [4.69, 9.17) is 9.84 Å². The predicted octanol–water partition coefficient (Wildman–Crippen LogP) is 3.33. The van der Waals surface area contributed by atoms with Crippen LogP contribution in [0.15, 0.2) is 53.4 Å². The Morgan fingerprint density at radius 3 is 2.59 bits per heavy atom. The van der Waals surface area contributed by atoms with Gasteiger partial charge < -0.3 is 14.7 Å². The topological polar surface area (TPSA) is 70.0 Å². The Morgan fingerprint density at radius 1 is 1.21 bits per heavy atom. The maximum Gasteiger partial charge on any atom is 0.416 e. The molecule has 1 aliphatic rings. The summed E-state index contributed by atoms with van der Waals surface area (Å²) in [6, 6.07) is 11.4. The van der Waals surface area contributed by atoms with Crippen LogP contribution in [0.3, 0.4) is 0 Å². The van der Waals surface area contributed by atoms with Gasteiger partial charge in [0.05, 0.1) is 18.7 Å². The van der Waals surface area contributed by atoms with Crippen molar-refractivity contribution in [1.82, 2.24) is 4.90 Å². The molecule has 2 aromatic carbocycles. The van der Waals surface area contributed by atoms with Gasteiger partial charge in [-0.15, -0.1) is 0 Å². The molecule has 0 saturated carbocycles. The Hall–Kier alpha value is -2.23. The number of ether oxygens (including phenoxy) is 1. The zero-order valence-corrected chi connectivity index (χ0v) is 16.2. The van der Waals surface area contributed by atoms with Crippen LogP contribution in [0.5, 0.6) is 5.75 Å². The molecule has 29 heavy (non-hydrogen) atoms. The molecule has 2 N–H and O–H groups in total. The monoisotopic (exact) mass is 428 g/mol. The van der Waals surface area contributed by atoms with Crippen LogP contribution in [0.4, 0.5) is 13.2 Å². The molecule has 3 rings (SSSR count). The van der Waals surface area contributed by atoms with Gasteiger partial charge in [0.25, 0.3) is 5.91 Å². The second kappa shape index (κ2) is 9.06. The summed E-state index contributed by atoms with van der Waals surface area (Å²) in [6.45, 7) is 0.429. The van der Waals surface area contributed by atoms with E-state index >= 15 is 0 Å². The van der Waals surface area contributed by atoms with Crippen molar-refractivity contribution in [2.45, 2.75) is 29.3 Å². The van der Waals surface area contributed by atoms with Gasteiger partial charge in [0, 0.05) is 19.0 Å². The second-order valence-electron chi connectivity index (χ2n) is 6.68. The molecular formula is C20H21F3NO4S+. The third-order valence-electron chi connectivity index (χ3n) is 4.68. The van der Waals surface area contributed by atoms with Crippen molar-refractivity contribution < 1.29 is 32.4 Å². The van der Waals surface area contributed by atoms with Crippen molar-refractivity contribution in [2.24, 2.45) is 0 Å². The van der Waals surface area contributed by atoms with Crippen LogP contribution >= 0.6 is 0 Å². The molecule has 2 atom stereocenters. The van der Waals surface area contributed by atoms with Gasteiger partial charge in [0.15, 0.2) is 27.9 Å². The lowest BCUT2D eigenvalue weighted by molar-refractivity contribution is -0.137. The smallest absolute Gasteiger partial charge is 0.416 e. The fourth-order valence-electron chi connectivity index (χ4n) is 3.06. The zero-order valence-electron chi connectivity index (χ0n) is 15.4. The Kier molecular flexibility index (Phi) is 6.71. The number of nitrogens with zero attached hydrogens (tertiary/aromatic N) is 1. The Morgan fingerprint density at radius 2 is 1.93 bits per heavy atom. The molecule has 2 unspecified atom stereocenters. The number of hydrogen-bond donors (Lipinski definition) is 2. The minimum Gasteiger partial charge on any atom is -0.484 e. The number of hydrogen-bond acceptors (Lipinski definition) is 4. The Bertz CT molecular complexity index is 844. The van der Waals surface area contributed by atoms with Crippen LogP contribution in [0, 0.1) is 0 Å².